The third-order valence-corrected chi connectivity index (χ3v) is 2.85. The molecule has 1 rings (SSSR count). The number of hydrogen-bond acceptors (Lipinski definition) is 1. The van der Waals surface area contributed by atoms with Crippen molar-refractivity contribution in [2.45, 2.75) is 6.54 Å². The molecule has 0 fully saturated rings. The first-order chi connectivity index (χ1) is 7.13. The van der Waals surface area contributed by atoms with E-state index < -0.39 is 0 Å². The fraction of sp³-hybridized carbons (Fsp3) is 0.200. The van der Waals surface area contributed by atoms with E-state index in [-0.39, 0.29) is 5.82 Å². The van der Waals surface area contributed by atoms with Crippen molar-refractivity contribution in [3.63, 3.8) is 0 Å². The molecule has 0 radical (unpaired) electrons. The molecule has 1 aromatic carbocycles. The van der Waals surface area contributed by atoms with E-state index in [1.807, 2.05) is 0 Å². The second-order valence-corrected chi connectivity index (χ2v) is 4.51. The van der Waals surface area contributed by atoms with E-state index in [2.05, 4.69) is 21.2 Å². The van der Waals surface area contributed by atoms with E-state index in [0.717, 1.165) is 4.47 Å². The van der Waals surface area contributed by atoms with Crippen LogP contribution in [0.4, 0.5) is 4.39 Å². The fourth-order valence-electron chi connectivity index (χ4n) is 1.03. The van der Waals surface area contributed by atoms with Gasteiger partial charge in [-0.05, 0) is 18.2 Å². The quantitative estimate of drug-likeness (QED) is 0.886. The standard InChI is InChI=1S/C10H9BrCl2FN/c11-8-1-2-10(14)7(3-8)5-15-6-9(13)4-12/h1-4,15H,5-6H2. The summed E-state index contributed by atoms with van der Waals surface area (Å²) in [7, 11) is 0. The van der Waals surface area contributed by atoms with Crippen molar-refractivity contribution in [1.82, 2.24) is 5.32 Å². The maximum absolute atomic E-state index is 13.2. The Morgan fingerprint density at radius 1 is 1.53 bits per heavy atom. The van der Waals surface area contributed by atoms with Crippen LogP contribution in [0.25, 0.3) is 0 Å². The zero-order chi connectivity index (χ0) is 11.3. The normalized spacial score (nSPS) is 11.9. The molecule has 0 aliphatic heterocycles. The number of hydrogen-bond donors (Lipinski definition) is 1. The highest BCUT2D eigenvalue weighted by atomic mass is 79.9. The molecular formula is C10H9BrCl2FN. The molecule has 5 heteroatoms. The van der Waals surface area contributed by atoms with Gasteiger partial charge in [-0.25, -0.2) is 4.39 Å². The molecule has 0 aliphatic rings. The second-order valence-electron chi connectivity index (χ2n) is 2.90. The Bertz CT molecular complexity index is 368. The molecule has 82 valence electrons. The molecule has 1 N–H and O–H groups in total. The van der Waals surface area contributed by atoms with Crippen LogP contribution >= 0.6 is 39.1 Å². The third-order valence-electron chi connectivity index (χ3n) is 1.74. The molecule has 0 unspecified atom stereocenters. The van der Waals surface area contributed by atoms with Gasteiger partial charge in [0.1, 0.15) is 5.82 Å². The predicted molar refractivity (Wildman–Crippen MR) is 65.6 cm³/mol. The molecular weight excluding hydrogens is 304 g/mol. The van der Waals surface area contributed by atoms with E-state index >= 15 is 0 Å². The Hall–Kier alpha value is -0.0900. The van der Waals surface area contributed by atoms with Gasteiger partial charge in [-0.1, -0.05) is 39.1 Å². The molecule has 1 aromatic rings. The molecule has 0 aliphatic carbocycles. The van der Waals surface area contributed by atoms with Crippen LogP contribution in [0.1, 0.15) is 5.56 Å². The first kappa shape index (κ1) is 13.0. The second kappa shape index (κ2) is 6.48. The van der Waals surface area contributed by atoms with E-state index in [1.165, 1.54) is 11.6 Å². The minimum Gasteiger partial charge on any atom is -0.308 e. The maximum atomic E-state index is 13.2. The Morgan fingerprint density at radius 2 is 2.27 bits per heavy atom. The van der Waals surface area contributed by atoms with Crippen molar-refractivity contribution in [3.05, 3.63) is 44.6 Å². The Labute approximate surface area is 106 Å². The predicted octanol–water partition coefficient (Wildman–Crippen LogP) is 4.00. The number of benzene rings is 1. The summed E-state index contributed by atoms with van der Waals surface area (Å²) in [6.07, 6.45) is 0. The Balaban J connectivity index is 2.54. The van der Waals surface area contributed by atoms with Gasteiger partial charge >= 0.3 is 0 Å². The first-order valence-electron chi connectivity index (χ1n) is 4.23. The summed E-state index contributed by atoms with van der Waals surface area (Å²) in [5, 5.41) is 3.47. The zero-order valence-electron chi connectivity index (χ0n) is 7.74. The number of halogens is 4. The van der Waals surface area contributed by atoms with Gasteiger partial charge in [0.25, 0.3) is 0 Å². The highest BCUT2D eigenvalue weighted by molar-refractivity contribution is 9.10. The monoisotopic (exact) mass is 311 g/mol. The van der Waals surface area contributed by atoms with E-state index in [4.69, 9.17) is 23.2 Å². The fourth-order valence-corrected chi connectivity index (χ4v) is 1.61. The van der Waals surface area contributed by atoms with Crippen LogP contribution in [0.15, 0.2) is 33.2 Å². The summed E-state index contributed by atoms with van der Waals surface area (Å²) in [4.78, 5) is 0. The van der Waals surface area contributed by atoms with E-state index in [1.54, 1.807) is 12.1 Å². The topological polar surface area (TPSA) is 12.0 Å². The molecule has 0 amide bonds. The van der Waals surface area contributed by atoms with Gasteiger partial charge < -0.3 is 5.32 Å². The van der Waals surface area contributed by atoms with Crippen LogP contribution in [-0.2, 0) is 6.54 Å². The van der Waals surface area contributed by atoms with Crippen molar-refractivity contribution in [3.8, 4) is 0 Å². The molecule has 15 heavy (non-hydrogen) atoms. The molecule has 0 heterocycles. The lowest BCUT2D eigenvalue weighted by Crippen LogP contribution is -2.15. The van der Waals surface area contributed by atoms with Crippen LogP contribution in [0, 0.1) is 5.82 Å². The van der Waals surface area contributed by atoms with Crippen molar-refractivity contribution in [1.29, 1.82) is 0 Å². The summed E-state index contributed by atoms with van der Waals surface area (Å²) >= 11 is 14.3. The van der Waals surface area contributed by atoms with Gasteiger partial charge in [-0.2, -0.15) is 0 Å². The van der Waals surface area contributed by atoms with Crippen molar-refractivity contribution >= 4 is 39.1 Å². The van der Waals surface area contributed by atoms with Crippen molar-refractivity contribution in [2.75, 3.05) is 6.54 Å². The summed E-state index contributed by atoms with van der Waals surface area (Å²) in [5.41, 5.74) is 1.87. The average molecular weight is 313 g/mol. The minimum atomic E-state index is -0.239. The summed E-state index contributed by atoms with van der Waals surface area (Å²) in [6, 6.07) is 4.80. The molecule has 0 atom stereocenters. The van der Waals surface area contributed by atoms with Gasteiger partial charge in [0.2, 0.25) is 0 Å². The van der Waals surface area contributed by atoms with Gasteiger partial charge in [0.05, 0.1) is 0 Å². The van der Waals surface area contributed by atoms with Crippen LogP contribution in [-0.4, -0.2) is 6.54 Å². The van der Waals surface area contributed by atoms with Gasteiger partial charge in [-0.15, -0.1) is 0 Å². The molecule has 0 spiro atoms. The molecule has 0 bridgehead atoms. The van der Waals surface area contributed by atoms with Gasteiger partial charge in [-0.3, -0.25) is 0 Å². The lowest BCUT2D eigenvalue weighted by atomic mass is 10.2. The zero-order valence-corrected chi connectivity index (χ0v) is 10.8. The van der Waals surface area contributed by atoms with Crippen LogP contribution < -0.4 is 5.32 Å². The van der Waals surface area contributed by atoms with Crippen molar-refractivity contribution < 1.29 is 4.39 Å². The lowest BCUT2D eigenvalue weighted by Gasteiger charge is -2.05. The van der Waals surface area contributed by atoms with Gasteiger partial charge in [0.15, 0.2) is 0 Å². The lowest BCUT2D eigenvalue weighted by molar-refractivity contribution is 0.596. The van der Waals surface area contributed by atoms with Crippen LogP contribution in [0.5, 0.6) is 0 Å². The molecule has 1 nitrogen and oxygen atoms in total. The van der Waals surface area contributed by atoms with E-state index in [0.29, 0.717) is 23.7 Å². The molecule has 0 saturated carbocycles. The SMILES string of the molecule is Fc1ccc(Br)cc1CNCC(Cl)=CCl. The smallest absolute Gasteiger partial charge is 0.127 e. The highest BCUT2D eigenvalue weighted by Gasteiger charge is 2.02. The van der Waals surface area contributed by atoms with Crippen LogP contribution in [0.2, 0.25) is 0 Å². The summed E-state index contributed by atoms with van der Waals surface area (Å²) < 4.78 is 14.1. The molecule has 0 aromatic heterocycles. The number of rotatable bonds is 4. The molecule has 0 saturated heterocycles. The van der Waals surface area contributed by atoms with Gasteiger partial charge in [0, 0.05) is 33.7 Å². The van der Waals surface area contributed by atoms with E-state index in [9.17, 15) is 4.39 Å². The van der Waals surface area contributed by atoms with Crippen molar-refractivity contribution in [2.24, 2.45) is 0 Å². The first-order valence-corrected chi connectivity index (χ1v) is 5.83. The average Bonchev–Trinajstić information content (AvgIpc) is 2.23. The maximum Gasteiger partial charge on any atom is 0.127 e. The third kappa shape index (κ3) is 4.51. The largest absolute Gasteiger partial charge is 0.308 e. The summed E-state index contributed by atoms with van der Waals surface area (Å²) in [5.74, 6) is -0.239. The summed E-state index contributed by atoms with van der Waals surface area (Å²) in [6.45, 7) is 0.837. The minimum absolute atomic E-state index is 0.239. The highest BCUT2D eigenvalue weighted by Crippen LogP contribution is 2.15. The number of nitrogens with one attached hydrogen (secondary N) is 1. The van der Waals surface area contributed by atoms with Crippen LogP contribution in [0.3, 0.4) is 0 Å². The Morgan fingerprint density at radius 3 is 2.93 bits per heavy atom. The Kier molecular flexibility index (Phi) is 5.61.